The van der Waals surface area contributed by atoms with Crippen molar-refractivity contribution in [2.75, 3.05) is 12.3 Å². The van der Waals surface area contributed by atoms with E-state index in [0.29, 0.717) is 11.8 Å². The van der Waals surface area contributed by atoms with Gasteiger partial charge in [0.15, 0.2) is 0 Å². The number of amides is 7. The molecule has 3 N–H and O–H groups in total. The minimum Gasteiger partial charge on any atom is -0.643 e. The quantitative estimate of drug-likeness (QED) is 0.162. The molecule has 1 aromatic carbocycles. The van der Waals surface area contributed by atoms with E-state index < -0.39 is 40.1 Å². The van der Waals surface area contributed by atoms with E-state index >= 15 is 0 Å². The first-order valence-corrected chi connectivity index (χ1v) is 15.7. The summed E-state index contributed by atoms with van der Waals surface area (Å²) in [5.74, 6) is -2.81. The number of carbonyl (C=O) groups excluding carboxylic acids is 6. The smallest absolute Gasteiger partial charge is 0.643 e. The van der Waals surface area contributed by atoms with Crippen molar-refractivity contribution < 1.29 is 45.8 Å². The van der Waals surface area contributed by atoms with Crippen molar-refractivity contribution in [1.29, 1.82) is 0 Å². The topological polar surface area (TPSA) is 195 Å². The first kappa shape index (κ1) is 36.2. The van der Waals surface area contributed by atoms with E-state index in [1.165, 1.54) is 59.7 Å². The molecule has 0 unspecified atom stereocenters. The molecule has 0 aliphatic carbocycles. The summed E-state index contributed by atoms with van der Waals surface area (Å²) in [6.07, 6.45) is 3.62. The van der Waals surface area contributed by atoms with Crippen LogP contribution in [0.2, 0.25) is 0 Å². The van der Waals surface area contributed by atoms with Crippen LogP contribution in [-0.2, 0) is 36.2 Å². The molecule has 0 radical (unpaired) electrons. The molecule has 3 aliphatic rings. The molecule has 15 heteroatoms. The minimum atomic E-state index is -1.72. The molecule has 7 amide bonds. The number of unbranched alkanes of at least 4 members (excludes halogenated alkanes) is 2. The van der Waals surface area contributed by atoms with Crippen molar-refractivity contribution in [2.24, 2.45) is 5.41 Å². The van der Waals surface area contributed by atoms with Crippen molar-refractivity contribution in [3.05, 3.63) is 45.0 Å². The molecular weight excluding hydrogens is 642 g/mol. The fourth-order valence-electron chi connectivity index (χ4n) is 4.91. The first-order valence-electron chi connectivity index (χ1n) is 14.7. The number of benzene rings is 1. The molecule has 3 aliphatic heterocycles. The molecule has 0 spiro atoms. The zero-order chi connectivity index (χ0) is 32.4. The van der Waals surface area contributed by atoms with Crippen LogP contribution in [0, 0.1) is 5.41 Å². The third-order valence-corrected chi connectivity index (χ3v) is 9.46. The van der Waals surface area contributed by atoms with Gasteiger partial charge in [-0.25, -0.2) is 4.79 Å². The van der Waals surface area contributed by atoms with E-state index in [9.17, 15) is 28.8 Å². The molecule has 0 aromatic heterocycles. The van der Waals surface area contributed by atoms with Crippen LogP contribution in [0.25, 0.3) is 21.3 Å². The number of hydrogen-bond donors (Lipinski definition) is 3. The van der Waals surface area contributed by atoms with Gasteiger partial charge in [0.05, 0.1) is 23.9 Å². The molecule has 0 saturated carbocycles. The van der Waals surface area contributed by atoms with Crippen molar-refractivity contribution >= 4 is 58.7 Å². The van der Waals surface area contributed by atoms with Crippen LogP contribution < -0.4 is 16.0 Å². The Bertz CT molecular complexity index is 1370. The zero-order valence-electron chi connectivity index (χ0n) is 26.2. The molecule has 1 aromatic rings. The summed E-state index contributed by atoms with van der Waals surface area (Å²) in [6, 6.07) is 4.50. The SMILES string of the molecule is CC1(C)[N-]C(=O)C(C)(C)C(=O)[N-]C(C)(C)C(=O)[N-]c2cc(C(=O)NCCCCC[C@@H]3SC[C@@H]4NC(=O)N[C@@H]43)ccc2[N-]C1=O.[Fe+4]. The van der Waals surface area contributed by atoms with Crippen LogP contribution in [-0.4, -0.2) is 76.3 Å². The van der Waals surface area contributed by atoms with Gasteiger partial charge in [0, 0.05) is 40.3 Å². The van der Waals surface area contributed by atoms with Crippen molar-refractivity contribution in [3.8, 4) is 0 Å². The second-order valence-electron chi connectivity index (χ2n) is 12.8. The molecular formula is C30H39FeN7O6S. The second-order valence-corrected chi connectivity index (χ2v) is 14.1. The van der Waals surface area contributed by atoms with Gasteiger partial charge < -0.3 is 56.4 Å². The Morgan fingerprint density at radius 1 is 0.844 bits per heavy atom. The maximum absolute atomic E-state index is 13.2. The van der Waals surface area contributed by atoms with Gasteiger partial charge in [-0.15, -0.1) is 11.4 Å². The second kappa shape index (κ2) is 14.0. The number of rotatable bonds is 7. The molecule has 3 atom stereocenters. The number of fused-ring (bicyclic) bond motifs is 2. The maximum Gasteiger partial charge on any atom is 4.00 e. The minimum absolute atomic E-state index is 0. The summed E-state index contributed by atoms with van der Waals surface area (Å²) in [5, 5.41) is 25.3. The largest absolute Gasteiger partial charge is 4.00 e. The average molecular weight is 682 g/mol. The van der Waals surface area contributed by atoms with Crippen molar-refractivity contribution in [1.82, 2.24) is 16.0 Å². The van der Waals surface area contributed by atoms with Crippen molar-refractivity contribution in [2.45, 2.75) is 95.6 Å². The van der Waals surface area contributed by atoms with Crippen LogP contribution in [0.1, 0.15) is 77.6 Å². The van der Waals surface area contributed by atoms with E-state index in [1.807, 2.05) is 11.8 Å². The Kier molecular flexibility index (Phi) is 11.3. The predicted molar refractivity (Wildman–Crippen MR) is 167 cm³/mol. The van der Waals surface area contributed by atoms with Gasteiger partial charge >= 0.3 is 23.1 Å². The number of hydrogen-bond acceptors (Lipinski definition) is 7. The number of nitrogens with one attached hydrogen (secondary N) is 3. The van der Waals surface area contributed by atoms with Gasteiger partial charge in [-0.05, 0) is 26.7 Å². The van der Waals surface area contributed by atoms with Crippen molar-refractivity contribution in [3.63, 3.8) is 0 Å². The number of thioether (sulfide) groups is 1. The molecule has 45 heavy (non-hydrogen) atoms. The first-order chi connectivity index (χ1) is 20.5. The average Bonchev–Trinajstić information content (AvgIpc) is 3.49. The molecule has 0 bridgehead atoms. The summed E-state index contributed by atoms with van der Waals surface area (Å²) in [4.78, 5) is 76.7. The van der Waals surface area contributed by atoms with E-state index in [-0.39, 0.29) is 58.0 Å². The van der Waals surface area contributed by atoms with E-state index in [1.54, 1.807) is 0 Å². The summed E-state index contributed by atoms with van der Waals surface area (Å²) < 4.78 is 0. The number of nitrogens with zero attached hydrogens (tertiary/aromatic N) is 4. The number of carbonyl (C=O) groups is 6. The Labute approximate surface area is 278 Å². The normalized spacial score (nSPS) is 25.1. The van der Waals surface area contributed by atoms with Gasteiger partial charge in [0.1, 0.15) is 0 Å². The van der Waals surface area contributed by atoms with Gasteiger partial charge in [0.25, 0.3) is 5.91 Å². The summed E-state index contributed by atoms with van der Waals surface area (Å²) in [5.41, 5.74) is -4.81. The predicted octanol–water partition coefficient (Wildman–Crippen LogP) is 4.60. The zero-order valence-corrected chi connectivity index (χ0v) is 28.1. The van der Waals surface area contributed by atoms with Gasteiger partial charge in [0.2, 0.25) is 0 Å². The fraction of sp³-hybridized carbons (Fsp3) is 0.600. The Balaban J connectivity index is 0.00000552. The Hall–Kier alpha value is -3.29. The molecule has 13 nitrogen and oxygen atoms in total. The van der Waals surface area contributed by atoms with E-state index in [2.05, 4.69) is 37.2 Å². The fourth-order valence-corrected chi connectivity index (χ4v) is 6.45. The van der Waals surface area contributed by atoms with Gasteiger partial charge in [-0.3, -0.25) is 4.79 Å². The molecule has 4 rings (SSSR count). The van der Waals surface area contributed by atoms with Crippen LogP contribution in [0.15, 0.2) is 18.2 Å². The summed E-state index contributed by atoms with van der Waals surface area (Å²) in [6.45, 7) is 8.67. The molecule has 2 saturated heterocycles. The number of urea groups is 1. The molecule has 3 heterocycles. The summed E-state index contributed by atoms with van der Waals surface area (Å²) in [7, 11) is 0. The molecule has 244 valence electrons. The van der Waals surface area contributed by atoms with Gasteiger partial charge in [-0.1, -0.05) is 69.8 Å². The van der Waals surface area contributed by atoms with Crippen LogP contribution in [0.3, 0.4) is 0 Å². The van der Waals surface area contributed by atoms with Crippen LogP contribution in [0.4, 0.5) is 16.2 Å². The van der Waals surface area contributed by atoms with E-state index in [0.717, 1.165) is 31.4 Å². The van der Waals surface area contributed by atoms with Gasteiger partial charge in [-0.2, -0.15) is 11.8 Å². The third-order valence-electron chi connectivity index (χ3n) is 7.95. The van der Waals surface area contributed by atoms with E-state index in [4.69, 9.17) is 0 Å². The van der Waals surface area contributed by atoms with Crippen LogP contribution in [0.5, 0.6) is 0 Å². The maximum atomic E-state index is 13.2. The monoisotopic (exact) mass is 681 g/mol. The standard InChI is InChI=1S/C30H43N7O6S.Fe/c1-28(2)23(39)36-29(3,4)25(41)32-17-12-11-16(14-18(17)33-26(42)30(5,6)37-24(28)40)22(38)31-13-9-7-8-10-20-21-19(15-44-20)34-27(43)35-21;/h11-12,14,19-21H,7-10,13,15H2,1-6H3,(H7,31,32,33,34,35,36,37,38,39,40,41,42,43);/q;+4/p-4/t19-,20-,21-;/m0./s1. The Morgan fingerprint density at radius 2 is 1.44 bits per heavy atom. The molecule has 2 fully saturated rings. The Morgan fingerprint density at radius 3 is 2.07 bits per heavy atom. The third kappa shape index (κ3) is 8.30. The summed E-state index contributed by atoms with van der Waals surface area (Å²) >= 11 is 1.87. The van der Waals surface area contributed by atoms with Crippen LogP contribution >= 0.6 is 11.8 Å².